The summed E-state index contributed by atoms with van der Waals surface area (Å²) < 4.78 is 16.4. The van der Waals surface area contributed by atoms with Gasteiger partial charge in [-0.25, -0.2) is 9.59 Å². The number of carbonyl (C=O) groups is 4. The fourth-order valence-electron chi connectivity index (χ4n) is 4.13. The van der Waals surface area contributed by atoms with E-state index in [1.54, 1.807) is 74.9 Å². The van der Waals surface area contributed by atoms with E-state index in [0.29, 0.717) is 24.3 Å². The molecular weight excluding hydrogens is 585 g/mol. The van der Waals surface area contributed by atoms with Crippen molar-refractivity contribution in [2.75, 3.05) is 23.5 Å². The van der Waals surface area contributed by atoms with Crippen LogP contribution < -0.4 is 10.6 Å². The van der Waals surface area contributed by atoms with Gasteiger partial charge in [-0.3, -0.25) is 9.59 Å². The summed E-state index contributed by atoms with van der Waals surface area (Å²) >= 11 is 1.72. The Balaban J connectivity index is 2.89. The average molecular weight is 637 g/mol. The van der Waals surface area contributed by atoms with Gasteiger partial charge in [0, 0.05) is 17.5 Å². The third kappa shape index (κ3) is 16.2. The van der Waals surface area contributed by atoms with E-state index in [0.717, 1.165) is 25.0 Å². The molecule has 2 amide bonds. The molecule has 2 N–H and O–H groups in total. The lowest BCUT2D eigenvalue weighted by Crippen LogP contribution is -2.51. The SMILES string of the molecule is CSCCC(CSSCC1(C(=O)NC(CC(=O)OC(C)(C)C)C(=O)OC(C)(C)C)CCCC1)NC(=O)OC(C)(C)C. The Morgan fingerprint density at radius 3 is 1.88 bits per heavy atom. The van der Waals surface area contributed by atoms with Crippen LogP contribution in [0.15, 0.2) is 0 Å². The van der Waals surface area contributed by atoms with Gasteiger partial charge in [0.05, 0.1) is 11.8 Å². The quantitative estimate of drug-likeness (QED) is 0.0997. The summed E-state index contributed by atoms with van der Waals surface area (Å²) in [5.41, 5.74) is -2.71. The van der Waals surface area contributed by atoms with Gasteiger partial charge in [0.25, 0.3) is 0 Å². The highest BCUT2D eigenvalue weighted by atomic mass is 33.1. The molecule has 0 spiro atoms. The van der Waals surface area contributed by atoms with E-state index in [-0.39, 0.29) is 18.4 Å². The second-order valence-electron chi connectivity index (χ2n) is 13.5. The number of thioether (sulfide) groups is 1. The predicted molar refractivity (Wildman–Crippen MR) is 170 cm³/mol. The molecule has 1 saturated carbocycles. The number of rotatable bonds is 14. The van der Waals surface area contributed by atoms with Gasteiger partial charge in [-0.05, 0) is 93.6 Å². The summed E-state index contributed by atoms with van der Waals surface area (Å²) in [5.74, 6) is 0.653. The van der Waals surface area contributed by atoms with Crippen LogP contribution in [-0.2, 0) is 28.6 Å². The molecule has 41 heavy (non-hydrogen) atoms. The van der Waals surface area contributed by atoms with Crippen LogP contribution in [0.2, 0.25) is 0 Å². The normalized spacial score (nSPS) is 16.8. The van der Waals surface area contributed by atoms with E-state index in [4.69, 9.17) is 14.2 Å². The van der Waals surface area contributed by atoms with Gasteiger partial charge in [0.15, 0.2) is 0 Å². The maximum atomic E-state index is 13.7. The summed E-state index contributed by atoms with van der Waals surface area (Å²) in [6.07, 6.45) is 5.33. The molecule has 0 aromatic heterocycles. The van der Waals surface area contributed by atoms with Crippen LogP contribution >= 0.6 is 33.3 Å². The molecule has 0 aromatic carbocycles. The largest absolute Gasteiger partial charge is 0.460 e. The first-order chi connectivity index (χ1) is 18.8. The highest BCUT2D eigenvalue weighted by Crippen LogP contribution is 2.43. The van der Waals surface area contributed by atoms with Crippen LogP contribution in [0.4, 0.5) is 4.79 Å². The maximum absolute atomic E-state index is 13.7. The smallest absolute Gasteiger partial charge is 0.407 e. The number of carbonyl (C=O) groups excluding carboxylic acids is 4. The standard InChI is InChI=1S/C29H52N2O7S3/c1-26(2,3)36-22(32)17-21(23(33)37-27(4,5)6)31-24(34)29(14-11-12-15-29)19-41-40-18-20(13-16-39-10)30-25(35)38-28(7,8)9/h20-21H,11-19H2,1-10H3,(H,30,35)(H,31,34). The van der Waals surface area contributed by atoms with Crippen LogP contribution in [0.25, 0.3) is 0 Å². The lowest BCUT2D eigenvalue weighted by molar-refractivity contribution is -0.165. The Morgan fingerprint density at radius 2 is 1.37 bits per heavy atom. The van der Waals surface area contributed by atoms with Crippen molar-refractivity contribution in [1.82, 2.24) is 10.6 Å². The third-order valence-electron chi connectivity index (χ3n) is 5.91. The number of nitrogens with one attached hydrogen (secondary N) is 2. The number of amides is 2. The molecule has 1 rings (SSSR count). The maximum Gasteiger partial charge on any atom is 0.407 e. The zero-order valence-corrected chi connectivity index (χ0v) is 29.1. The molecule has 0 aromatic rings. The first kappa shape index (κ1) is 37.8. The minimum absolute atomic E-state index is 0.0615. The Hall–Kier alpha value is -1.27. The van der Waals surface area contributed by atoms with E-state index < -0.39 is 46.3 Å². The van der Waals surface area contributed by atoms with E-state index in [9.17, 15) is 19.2 Å². The zero-order chi connectivity index (χ0) is 31.5. The van der Waals surface area contributed by atoms with Crippen molar-refractivity contribution in [2.45, 2.75) is 130 Å². The second-order valence-corrected chi connectivity index (χ2v) is 17.0. The fraction of sp³-hybridized carbons (Fsp3) is 0.862. The highest BCUT2D eigenvalue weighted by molar-refractivity contribution is 8.76. The molecule has 0 saturated heterocycles. The summed E-state index contributed by atoms with van der Waals surface area (Å²) in [6, 6.07) is -1.20. The van der Waals surface area contributed by atoms with Gasteiger partial charge in [0.1, 0.15) is 22.8 Å². The van der Waals surface area contributed by atoms with Crippen molar-refractivity contribution in [3.8, 4) is 0 Å². The van der Waals surface area contributed by atoms with Crippen molar-refractivity contribution in [1.29, 1.82) is 0 Å². The Bertz CT molecular complexity index is 873. The minimum Gasteiger partial charge on any atom is -0.460 e. The molecule has 0 heterocycles. The molecule has 0 aliphatic heterocycles. The average Bonchev–Trinajstić information content (AvgIpc) is 3.26. The Morgan fingerprint density at radius 1 is 0.805 bits per heavy atom. The zero-order valence-electron chi connectivity index (χ0n) is 26.6. The Labute approximate surface area is 259 Å². The van der Waals surface area contributed by atoms with Crippen molar-refractivity contribution >= 4 is 57.3 Å². The van der Waals surface area contributed by atoms with Crippen LogP contribution in [0, 0.1) is 5.41 Å². The van der Waals surface area contributed by atoms with Crippen molar-refractivity contribution in [3.05, 3.63) is 0 Å². The van der Waals surface area contributed by atoms with Gasteiger partial charge in [-0.1, -0.05) is 34.4 Å². The molecule has 0 radical (unpaired) electrons. The van der Waals surface area contributed by atoms with Gasteiger partial charge in [0.2, 0.25) is 5.91 Å². The Kier molecular flexibility index (Phi) is 15.2. The molecule has 1 fully saturated rings. The number of ether oxygens (including phenoxy) is 3. The summed E-state index contributed by atoms with van der Waals surface area (Å²) in [5, 5.41) is 5.83. The number of esters is 2. The molecule has 238 valence electrons. The topological polar surface area (TPSA) is 120 Å². The summed E-state index contributed by atoms with van der Waals surface area (Å²) in [6.45, 7) is 16.0. The van der Waals surface area contributed by atoms with E-state index >= 15 is 0 Å². The summed E-state index contributed by atoms with van der Waals surface area (Å²) in [4.78, 5) is 51.6. The molecule has 1 aliphatic rings. The molecular formula is C29H52N2O7S3. The van der Waals surface area contributed by atoms with E-state index in [1.165, 1.54) is 0 Å². The fourth-order valence-corrected chi connectivity index (χ4v) is 7.60. The molecule has 0 bridgehead atoms. The van der Waals surface area contributed by atoms with Crippen LogP contribution in [0.5, 0.6) is 0 Å². The minimum atomic E-state index is -1.14. The van der Waals surface area contributed by atoms with Gasteiger partial charge in [-0.15, -0.1) is 0 Å². The number of alkyl carbamates (subject to hydrolysis) is 1. The van der Waals surface area contributed by atoms with Crippen LogP contribution in [0.1, 0.15) is 101 Å². The lowest BCUT2D eigenvalue weighted by atomic mass is 9.87. The monoisotopic (exact) mass is 636 g/mol. The van der Waals surface area contributed by atoms with Gasteiger partial charge >= 0.3 is 18.0 Å². The third-order valence-corrected chi connectivity index (χ3v) is 9.19. The van der Waals surface area contributed by atoms with Crippen molar-refractivity contribution in [3.63, 3.8) is 0 Å². The van der Waals surface area contributed by atoms with E-state index in [2.05, 4.69) is 10.6 Å². The highest BCUT2D eigenvalue weighted by Gasteiger charge is 2.43. The first-order valence-corrected chi connectivity index (χ1v) is 18.1. The lowest BCUT2D eigenvalue weighted by Gasteiger charge is -2.31. The molecule has 2 atom stereocenters. The van der Waals surface area contributed by atoms with Crippen LogP contribution in [-0.4, -0.2) is 76.3 Å². The first-order valence-electron chi connectivity index (χ1n) is 14.2. The molecule has 2 unspecified atom stereocenters. The predicted octanol–water partition coefficient (Wildman–Crippen LogP) is 6.13. The second kappa shape index (κ2) is 16.5. The van der Waals surface area contributed by atoms with Gasteiger partial charge < -0.3 is 24.8 Å². The van der Waals surface area contributed by atoms with E-state index in [1.807, 2.05) is 27.0 Å². The molecule has 1 aliphatic carbocycles. The van der Waals surface area contributed by atoms with Crippen molar-refractivity contribution < 1.29 is 33.4 Å². The number of hydrogen-bond acceptors (Lipinski definition) is 10. The van der Waals surface area contributed by atoms with Gasteiger partial charge in [-0.2, -0.15) is 11.8 Å². The molecule has 12 heteroatoms. The van der Waals surface area contributed by atoms with Crippen LogP contribution in [0.3, 0.4) is 0 Å². The summed E-state index contributed by atoms with van der Waals surface area (Å²) in [7, 11) is 3.21. The van der Waals surface area contributed by atoms with Crippen molar-refractivity contribution in [2.24, 2.45) is 5.41 Å². The number of hydrogen-bond donors (Lipinski definition) is 2. The molecule has 9 nitrogen and oxygen atoms in total.